The van der Waals surface area contributed by atoms with Crippen LogP contribution in [0.15, 0.2) is 0 Å². The maximum Gasteiger partial charge on any atom is 0.221 e. The van der Waals surface area contributed by atoms with Crippen LogP contribution in [-0.4, -0.2) is 45.5 Å². The molecular formula is C9H20N2O3S. The molecule has 0 atom stereocenters. The maximum atomic E-state index is 11.1. The SMILES string of the molecule is CC(C)NC(=O)CCNCCS(C)(=O)=O. The van der Waals surface area contributed by atoms with Crippen LogP contribution in [0.4, 0.5) is 0 Å². The van der Waals surface area contributed by atoms with E-state index in [4.69, 9.17) is 0 Å². The van der Waals surface area contributed by atoms with Crippen molar-refractivity contribution in [3.63, 3.8) is 0 Å². The second kappa shape index (κ2) is 6.79. The zero-order valence-corrected chi connectivity index (χ0v) is 10.4. The van der Waals surface area contributed by atoms with Gasteiger partial charge < -0.3 is 10.6 Å². The molecule has 0 spiro atoms. The van der Waals surface area contributed by atoms with Gasteiger partial charge in [0.05, 0.1) is 5.75 Å². The first-order chi connectivity index (χ1) is 6.81. The minimum absolute atomic E-state index is 0.0168. The van der Waals surface area contributed by atoms with Gasteiger partial charge in [-0.1, -0.05) is 0 Å². The lowest BCUT2D eigenvalue weighted by molar-refractivity contribution is -0.121. The van der Waals surface area contributed by atoms with Crippen molar-refractivity contribution in [3.8, 4) is 0 Å². The summed E-state index contributed by atoms with van der Waals surface area (Å²) in [6.07, 6.45) is 1.57. The molecule has 0 bridgehead atoms. The van der Waals surface area contributed by atoms with Crippen LogP contribution in [0.2, 0.25) is 0 Å². The molecule has 1 amide bonds. The molecule has 0 radical (unpaired) electrons. The van der Waals surface area contributed by atoms with Gasteiger partial charge >= 0.3 is 0 Å². The summed E-state index contributed by atoms with van der Waals surface area (Å²) in [5, 5.41) is 5.66. The van der Waals surface area contributed by atoms with Crippen molar-refractivity contribution in [2.75, 3.05) is 25.1 Å². The Kier molecular flexibility index (Phi) is 6.51. The van der Waals surface area contributed by atoms with E-state index in [-0.39, 0.29) is 17.7 Å². The number of sulfone groups is 1. The van der Waals surface area contributed by atoms with Crippen molar-refractivity contribution < 1.29 is 13.2 Å². The Bertz CT molecular complexity index is 286. The van der Waals surface area contributed by atoms with E-state index >= 15 is 0 Å². The Labute approximate surface area is 91.5 Å². The number of carbonyl (C=O) groups is 1. The first kappa shape index (κ1) is 14.4. The van der Waals surface area contributed by atoms with Crippen LogP contribution >= 0.6 is 0 Å². The normalized spacial score (nSPS) is 11.7. The summed E-state index contributed by atoms with van der Waals surface area (Å²) in [5.74, 6) is 0.0931. The van der Waals surface area contributed by atoms with Gasteiger partial charge in [0, 0.05) is 31.8 Å². The van der Waals surface area contributed by atoms with Gasteiger partial charge in [-0.25, -0.2) is 8.42 Å². The largest absolute Gasteiger partial charge is 0.354 e. The zero-order valence-electron chi connectivity index (χ0n) is 9.54. The first-order valence-electron chi connectivity index (χ1n) is 4.99. The lowest BCUT2D eigenvalue weighted by Gasteiger charge is -2.08. The van der Waals surface area contributed by atoms with Crippen LogP contribution in [0.3, 0.4) is 0 Å². The minimum atomic E-state index is -2.91. The molecule has 0 saturated carbocycles. The predicted molar refractivity (Wildman–Crippen MR) is 60.5 cm³/mol. The van der Waals surface area contributed by atoms with Crippen molar-refractivity contribution in [1.29, 1.82) is 0 Å². The molecule has 0 aromatic rings. The number of hydrogen-bond donors (Lipinski definition) is 2. The molecule has 0 aliphatic rings. The van der Waals surface area contributed by atoms with Crippen LogP contribution in [0.5, 0.6) is 0 Å². The standard InChI is InChI=1S/C9H20N2O3S/c1-8(2)11-9(12)4-5-10-6-7-15(3,13)14/h8,10H,4-7H2,1-3H3,(H,11,12). The third kappa shape index (κ3) is 11.3. The molecule has 2 N–H and O–H groups in total. The van der Waals surface area contributed by atoms with Gasteiger partial charge in [-0.2, -0.15) is 0 Å². The number of amides is 1. The average molecular weight is 236 g/mol. The monoisotopic (exact) mass is 236 g/mol. The van der Waals surface area contributed by atoms with Crippen molar-refractivity contribution >= 4 is 15.7 Å². The summed E-state index contributed by atoms with van der Waals surface area (Å²) in [4.78, 5) is 11.1. The number of carbonyl (C=O) groups excluding carboxylic acids is 1. The Hall–Kier alpha value is -0.620. The van der Waals surface area contributed by atoms with E-state index in [1.807, 2.05) is 13.8 Å². The van der Waals surface area contributed by atoms with E-state index in [0.29, 0.717) is 19.5 Å². The van der Waals surface area contributed by atoms with E-state index in [2.05, 4.69) is 10.6 Å². The highest BCUT2D eigenvalue weighted by Crippen LogP contribution is 1.83. The van der Waals surface area contributed by atoms with Gasteiger partial charge in [0.15, 0.2) is 0 Å². The second-order valence-corrected chi connectivity index (χ2v) is 6.11. The summed E-state index contributed by atoms with van der Waals surface area (Å²) in [6.45, 7) is 4.70. The fourth-order valence-corrected chi connectivity index (χ4v) is 1.49. The molecule has 0 aliphatic heterocycles. The summed E-state index contributed by atoms with van der Waals surface area (Å²) in [5.41, 5.74) is 0. The molecule has 0 fully saturated rings. The number of rotatable bonds is 7. The van der Waals surface area contributed by atoms with Crippen LogP contribution in [0.1, 0.15) is 20.3 Å². The van der Waals surface area contributed by atoms with Gasteiger partial charge in [-0.3, -0.25) is 4.79 Å². The average Bonchev–Trinajstić information content (AvgIpc) is 1.99. The first-order valence-corrected chi connectivity index (χ1v) is 7.05. The van der Waals surface area contributed by atoms with Gasteiger partial charge in [0.1, 0.15) is 9.84 Å². The van der Waals surface area contributed by atoms with Crippen molar-refractivity contribution in [1.82, 2.24) is 10.6 Å². The molecule has 5 nitrogen and oxygen atoms in total. The quantitative estimate of drug-likeness (QED) is 0.586. The van der Waals surface area contributed by atoms with Crippen molar-refractivity contribution in [3.05, 3.63) is 0 Å². The summed E-state index contributed by atoms with van der Waals surface area (Å²) < 4.78 is 21.5. The summed E-state index contributed by atoms with van der Waals surface area (Å²) in [6, 6.07) is 0.147. The molecule has 15 heavy (non-hydrogen) atoms. The van der Waals surface area contributed by atoms with Gasteiger partial charge in [-0.05, 0) is 13.8 Å². The van der Waals surface area contributed by atoms with E-state index in [1.165, 1.54) is 6.26 Å². The molecule has 0 aromatic carbocycles. The van der Waals surface area contributed by atoms with Crippen LogP contribution in [-0.2, 0) is 14.6 Å². The fraction of sp³-hybridized carbons (Fsp3) is 0.889. The highest BCUT2D eigenvalue weighted by atomic mass is 32.2. The summed E-state index contributed by atoms with van der Waals surface area (Å²) in [7, 11) is -2.91. The van der Waals surface area contributed by atoms with Crippen LogP contribution in [0, 0.1) is 0 Å². The molecule has 0 unspecified atom stereocenters. The smallest absolute Gasteiger partial charge is 0.221 e. The van der Waals surface area contributed by atoms with Gasteiger partial charge in [-0.15, -0.1) is 0 Å². The molecule has 90 valence electrons. The molecule has 0 saturated heterocycles. The predicted octanol–water partition coefficient (Wildman–Crippen LogP) is -0.465. The van der Waals surface area contributed by atoms with E-state index in [1.54, 1.807) is 0 Å². The number of hydrogen-bond acceptors (Lipinski definition) is 4. The fourth-order valence-electron chi connectivity index (χ4n) is 0.979. The van der Waals surface area contributed by atoms with E-state index < -0.39 is 9.84 Å². The highest BCUT2D eigenvalue weighted by Gasteiger charge is 2.03. The number of nitrogens with one attached hydrogen (secondary N) is 2. The molecule has 6 heteroatoms. The highest BCUT2D eigenvalue weighted by molar-refractivity contribution is 7.90. The zero-order chi connectivity index (χ0) is 11.9. The molecular weight excluding hydrogens is 216 g/mol. The maximum absolute atomic E-state index is 11.1. The van der Waals surface area contributed by atoms with E-state index in [9.17, 15) is 13.2 Å². The van der Waals surface area contributed by atoms with E-state index in [0.717, 1.165) is 0 Å². The second-order valence-electron chi connectivity index (χ2n) is 3.85. The third-order valence-electron chi connectivity index (χ3n) is 1.63. The minimum Gasteiger partial charge on any atom is -0.354 e. The van der Waals surface area contributed by atoms with Gasteiger partial charge in [0.25, 0.3) is 0 Å². The molecule has 0 rings (SSSR count). The molecule has 0 aliphatic carbocycles. The lowest BCUT2D eigenvalue weighted by atomic mass is 10.3. The Morgan fingerprint density at radius 2 is 1.87 bits per heavy atom. The Morgan fingerprint density at radius 1 is 1.27 bits per heavy atom. The molecule has 0 heterocycles. The van der Waals surface area contributed by atoms with Crippen LogP contribution < -0.4 is 10.6 Å². The van der Waals surface area contributed by atoms with Gasteiger partial charge in [0.2, 0.25) is 5.91 Å². The Balaban J connectivity index is 3.43. The molecule has 0 aromatic heterocycles. The summed E-state index contributed by atoms with van der Waals surface area (Å²) >= 11 is 0. The van der Waals surface area contributed by atoms with Crippen LogP contribution in [0.25, 0.3) is 0 Å². The lowest BCUT2D eigenvalue weighted by Crippen LogP contribution is -2.33. The van der Waals surface area contributed by atoms with Crippen molar-refractivity contribution in [2.24, 2.45) is 0 Å². The third-order valence-corrected chi connectivity index (χ3v) is 2.57. The Morgan fingerprint density at radius 3 is 2.33 bits per heavy atom. The topological polar surface area (TPSA) is 75.3 Å². The van der Waals surface area contributed by atoms with Crippen molar-refractivity contribution in [2.45, 2.75) is 26.3 Å².